The smallest absolute Gasteiger partial charge is 0.413 e. The van der Waals surface area contributed by atoms with E-state index >= 15 is 0 Å². The summed E-state index contributed by atoms with van der Waals surface area (Å²) in [5.41, 5.74) is -4.51. The van der Waals surface area contributed by atoms with Crippen molar-refractivity contribution in [3.63, 3.8) is 0 Å². The van der Waals surface area contributed by atoms with Gasteiger partial charge in [0.05, 0.1) is 18.3 Å². The third kappa shape index (κ3) is 12.9. The van der Waals surface area contributed by atoms with Gasteiger partial charge in [-0.1, -0.05) is 10.4 Å². The number of alkyl carbamates (subject to hydrolysis) is 1. The maximum atomic E-state index is 13.8. The fraction of sp³-hybridized carbons (Fsp3) is 0.645. The number of rotatable bonds is 13. The SMILES string of the molecule is CC(C)(C)OC(=O)NCCc1cn(CC2C(NC(=O)C(=NOC(C)(C)C(=O)OC(C)(C)C)c3csc(NC(=O)OC(C)(C)C)n3)C(=O)N2S(=O)(=O)O)nn1. The summed E-state index contributed by atoms with van der Waals surface area (Å²) in [5.74, 6) is -3.11. The minimum atomic E-state index is -5.09. The number of nitrogens with one attached hydrogen (secondary N) is 3. The standard InChI is InChI=1S/C31H47N9O12S2/c1-28(2,3)49-24(43)31(10,11)52-37-20(18-16-53-25(33-18)35-27(45)51-30(7,8)9)22(41)34-21-19(40(23(21)42)54(46,47)48)15-39-14-17(36-38-39)12-13-32-26(44)50-29(4,5)6/h14,16,19,21H,12-13,15H2,1-11H3,(H,32,44)(H,34,41)(H,33,35,45)(H,46,47,48). The molecule has 0 saturated carbocycles. The molecule has 2 atom stereocenters. The Morgan fingerprint density at radius 1 is 0.944 bits per heavy atom. The molecular weight excluding hydrogens is 755 g/mol. The molecule has 4 amide bonds. The van der Waals surface area contributed by atoms with E-state index in [1.807, 2.05) is 0 Å². The van der Waals surface area contributed by atoms with E-state index in [2.05, 4.69) is 36.4 Å². The lowest BCUT2D eigenvalue weighted by atomic mass is 9.98. The Morgan fingerprint density at radius 3 is 2.11 bits per heavy atom. The molecule has 2 aromatic rings. The van der Waals surface area contributed by atoms with Gasteiger partial charge in [0, 0.05) is 24.5 Å². The van der Waals surface area contributed by atoms with Crippen LogP contribution in [0.15, 0.2) is 16.7 Å². The van der Waals surface area contributed by atoms with E-state index in [0.717, 1.165) is 11.3 Å². The topological polar surface area (TPSA) is 272 Å². The molecule has 0 aromatic carbocycles. The molecule has 54 heavy (non-hydrogen) atoms. The van der Waals surface area contributed by atoms with Crippen LogP contribution in [-0.4, -0.2) is 114 Å². The zero-order valence-corrected chi connectivity index (χ0v) is 33.5. The molecule has 0 radical (unpaired) electrons. The van der Waals surface area contributed by atoms with Crippen molar-refractivity contribution in [2.24, 2.45) is 5.16 Å². The number of esters is 1. The van der Waals surface area contributed by atoms with Crippen molar-refractivity contribution in [1.82, 2.24) is 34.9 Å². The fourth-order valence-electron chi connectivity index (χ4n) is 4.32. The number of carbonyl (C=O) groups excluding carboxylic acids is 5. The minimum absolute atomic E-state index is 0.00965. The van der Waals surface area contributed by atoms with E-state index in [1.54, 1.807) is 62.3 Å². The van der Waals surface area contributed by atoms with Crippen LogP contribution in [0, 0.1) is 0 Å². The van der Waals surface area contributed by atoms with Crippen LogP contribution in [0.4, 0.5) is 14.7 Å². The average molecular weight is 802 g/mol. The van der Waals surface area contributed by atoms with Gasteiger partial charge in [-0.25, -0.2) is 23.7 Å². The van der Waals surface area contributed by atoms with Gasteiger partial charge in [-0.15, -0.1) is 16.4 Å². The molecule has 1 aliphatic heterocycles. The van der Waals surface area contributed by atoms with E-state index < -0.39 is 80.5 Å². The van der Waals surface area contributed by atoms with Crippen LogP contribution in [0.2, 0.25) is 0 Å². The van der Waals surface area contributed by atoms with Crippen LogP contribution < -0.4 is 16.0 Å². The Kier molecular flexibility index (Phi) is 13.1. The highest BCUT2D eigenvalue weighted by atomic mass is 32.2. The van der Waals surface area contributed by atoms with Gasteiger partial charge >= 0.3 is 28.5 Å². The number of oxime groups is 1. The van der Waals surface area contributed by atoms with Crippen molar-refractivity contribution in [3.8, 4) is 0 Å². The summed E-state index contributed by atoms with van der Waals surface area (Å²) in [7, 11) is -5.09. The van der Waals surface area contributed by atoms with E-state index in [-0.39, 0.29) is 34.6 Å². The molecule has 1 aliphatic rings. The molecule has 3 heterocycles. The summed E-state index contributed by atoms with van der Waals surface area (Å²) in [6.45, 7) is 17.5. The summed E-state index contributed by atoms with van der Waals surface area (Å²) in [5, 5.41) is 20.5. The number of hydrogen-bond donors (Lipinski definition) is 4. The second kappa shape index (κ2) is 16.2. The molecule has 3 rings (SSSR count). The molecule has 23 heteroatoms. The Bertz CT molecular complexity index is 1870. The lowest BCUT2D eigenvalue weighted by molar-refractivity contribution is -0.179. The lowest BCUT2D eigenvalue weighted by Gasteiger charge is -2.43. The molecule has 0 bridgehead atoms. The molecule has 1 fully saturated rings. The average Bonchev–Trinajstić information content (AvgIpc) is 3.61. The zero-order chi connectivity index (χ0) is 41.0. The third-order valence-electron chi connectivity index (χ3n) is 6.54. The molecule has 2 unspecified atom stereocenters. The summed E-state index contributed by atoms with van der Waals surface area (Å²) in [6.07, 6.45) is 0.162. The first-order valence-electron chi connectivity index (χ1n) is 16.5. The molecule has 4 N–H and O–H groups in total. The van der Waals surface area contributed by atoms with Crippen molar-refractivity contribution in [2.45, 2.75) is 124 Å². The maximum absolute atomic E-state index is 13.8. The zero-order valence-electron chi connectivity index (χ0n) is 31.9. The van der Waals surface area contributed by atoms with Gasteiger partial charge in [0.1, 0.15) is 28.5 Å². The van der Waals surface area contributed by atoms with Crippen LogP contribution in [0.3, 0.4) is 0 Å². The number of nitrogens with zero attached hydrogens (tertiary/aromatic N) is 6. The van der Waals surface area contributed by atoms with Crippen LogP contribution in [0.5, 0.6) is 0 Å². The van der Waals surface area contributed by atoms with Crippen LogP contribution in [0.25, 0.3) is 0 Å². The molecular formula is C31H47N9O12S2. The quantitative estimate of drug-likeness (QED) is 0.0565. The van der Waals surface area contributed by atoms with E-state index in [0.29, 0.717) is 5.69 Å². The molecule has 0 spiro atoms. The first-order valence-corrected chi connectivity index (χ1v) is 18.8. The van der Waals surface area contributed by atoms with Crippen LogP contribution in [0.1, 0.15) is 87.5 Å². The van der Waals surface area contributed by atoms with Crippen molar-refractivity contribution in [1.29, 1.82) is 0 Å². The van der Waals surface area contributed by atoms with Crippen molar-refractivity contribution < 1.29 is 56.0 Å². The first-order chi connectivity index (χ1) is 24.5. The van der Waals surface area contributed by atoms with Gasteiger partial charge in [0.2, 0.25) is 5.60 Å². The number of ether oxygens (including phenoxy) is 3. The lowest BCUT2D eigenvalue weighted by Crippen LogP contribution is -2.73. The Morgan fingerprint density at radius 2 is 1.54 bits per heavy atom. The van der Waals surface area contributed by atoms with Crippen molar-refractivity contribution in [2.75, 3.05) is 11.9 Å². The summed E-state index contributed by atoms with van der Waals surface area (Å²) < 4.78 is 51.4. The van der Waals surface area contributed by atoms with Crippen LogP contribution >= 0.6 is 11.3 Å². The molecule has 1 saturated heterocycles. The minimum Gasteiger partial charge on any atom is -0.457 e. The highest BCUT2D eigenvalue weighted by Crippen LogP contribution is 2.26. The fourth-order valence-corrected chi connectivity index (χ4v) is 5.88. The second-order valence-electron chi connectivity index (χ2n) is 15.4. The number of anilines is 1. The first kappa shape index (κ1) is 43.5. The summed E-state index contributed by atoms with van der Waals surface area (Å²) in [6, 6.07) is -2.95. The van der Waals surface area contributed by atoms with Gasteiger partial charge < -0.3 is 29.7 Å². The molecule has 0 aliphatic carbocycles. The highest BCUT2D eigenvalue weighted by Gasteiger charge is 2.54. The molecule has 21 nitrogen and oxygen atoms in total. The van der Waals surface area contributed by atoms with Gasteiger partial charge in [0.15, 0.2) is 10.8 Å². The Hall–Kier alpha value is -4.90. The predicted molar refractivity (Wildman–Crippen MR) is 192 cm³/mol. The summed E-state index contributed by atoms with van der Waals surface area (Å²) in [4.78, 5) is 73.7. The molecule has 2 aromatic heterocycles. The highest BCUT2D eigenvalue weighted by molar-refractivity contribution is 7.84. The van der Waals surface area contributed by atoms with Crippen LogP contribution in [-0.2, 0) is 56.7 Å². The van der Waals surface area contributed by atoms with Gasteiger partial charge in [-0.05, 0) is 76.2 Å². The predicted octanol–water partition coefficient (Wildman–Crippen LogP) is 2.19. The normalized spacial score (nSPS) is 16.9. The van der Waals surface area contributed by atoms with Gasteiger partial charge in [-0.3, -0.25) is 24.1 Å². The molecule has 300 valence electrons. The van der Waals surface area contributed by atoms with Crippen molar-refractivity contribution in [3.05, 3.63) is 23.0 Å². The maximum Gasteiger partial charge on any atom is 0.413 e. The van der Waals surface area contributed by atoms with E-state index in [4.69, 9.17) is 19.0 Å². The number of aromatic nitrogens is 4. The number of β-lactam (4-membered cyclic amide) rings is 1. The number of hydrogen-bond acceptors (Lipinski definition) is 16. The Labute approximate surface area is 316 Å². The third-order valence-corrected chi connectivity index (χ3v) is 8.24. The van der Waals surface area contributed by atoms with Gasteiger partial charge in [-0.2, -0.15) is 8.42 Å². The monoisotopic (exact) mass is 801 g/mol. The second-order valence-corrected chi connectivity index (χ2v) is 17.6. The van der Waals surface area contributed by atoms with E-state index in [9.17, 15) is 36.9 Å². The van der Waals surface area contributed by atoms with E-state index in [1.165, 1.54) is 30.1 Å². The van der Waals surface area contributed by atoms with Crippen molar-refractivity contribution >= 4 is 62.5 Å². The number of thiazole rings is 1. The Balaban J connectivity index is 1.86. The number of carbonyl (C=O) groups is 5. The summed E-state index contributed by atoms with van der Waals surface area (Å²) >= 11 is 0.887. The largest absolute Gasteiger partial charge is 0.457 e. The number of amides is 4. The van der Waals surface area contributed by atoms with Gasteiger partial charge in [0.25, 0.3) is 11.8 Å².